The van der Waals surface area contributed by atoms with Crippen LogP contribution in [-0.2, 0) is 9.53 Å². The number of hydrogen-bond donors (Lipinski definition) is 1. The average molecular weight is 361 g/mol. The van der Waals surface area contributed by atoms with E-state index in [1.807, 2.05) is 0 Å². The monoisotopic (exact) mass is 361 g/mol. The number of amides is 1. The van der Waals surface area contributed by atoms with Crippen LogP contribution in [0.4, 0.5) is 0 Å². The van der Waals surface area contributed by atoms with Gasteiger partial charge in [0, 0.05) is 18.7 Å². The maximum absolute atomic E-state index is 12.2. The molecule has 0 saturated heterocycles. The maximum Gasteiger partial charge on any atom is 0.330 e. The van der Waals surface area contributed by atoms with Gasteiger partial charge >= 0.3 is 5.97 Å². The number of carbonyl (C=O) groups is 2. The molecule has 0 aliphatic carbocycles. The minimum Gasteiger partial charge on any atom is -0.493 e. The third-order valence-electron chi connectivity index (χ3n) is 3.46. The van der Waals surface area contributed by atoms with E-state index in [4.69, 9.17) is 14.2 Å². The van der Waals surface area contributed by atoms with E-state index in [2.05, 4.69) is 20.3 Å². The molecule has 9 nitrogen and oxygen atoms in total. The third-order valence-corrected chi connectivity index (χ3v) is 3.46. The number of nitrogens with zero attached hydrogens (tertiary/aromatic N) is 2. The van der Waals surface area contributed by atoms with Crippen LogP contribution in [0, 0.1) is 0 Å². The number of methoxy groups -OCH3 is 4. The molecular formula is C17H19N3O6. The number of ether oxygens (including phenoxy) is 4. The van der Waals surface area contributed by atoms with Crippen LogP contribution in [0.5, 0.6) is 17.2 Å². The van der Waals surface area contributed by atoms with E-state index >= 15 is 0 Å². The number of rotatable bonds is 7. The van der Waals surface area contributed by atoms with Crippen LogP contribution in [0.1, 0.15) is 10.5 Å². The summed E-state index contributed by atoms with van der Waals surface area (Å²) < 4.78 is 20.4. The van der Waals surface area contributed by atoms with Crippen LogP contribution < -0.4 is 19.5 Å². The largest absolute Gasteiger partial charge is 0.493 e. The van der Waals surface area contributed by atoms with E-state index < -0.39 is 11.9 Å². The minimum absolute atomic E-state index is 0.0921. The predicted octanol–water partition coefficient (Wildman–Crippen LogP) is 1.11. The summed E-state index contributed by atoms with van der Waals surface area (Å²) in [4.78, 5) is 23.2. The second-order valence-electron chi connectivity index (χ2n) is 4.94. The highest BCUT2D eigenvalue weighted by Gasteiger charge is 2.19. The lowest BCUT2D eigenvalue weighted by Crippen LogP contribution is -2.24. The molecule has 0 saturated carbocycles. The molecule has 0 spiro atoms. The SMILES string of the molecule is COC(=O)/C=C/CNC(=O)c1cc2c(OC)c(OC)c(OC)cc2nn1. The number of nitrogens with one attached hydrogen (secondary N) is 1. The lowest BCUT2D eigenvalue weighted by atomic mass is 10.1. The number of hydrogen-bond acceptors (Lipinski definition) is 8. The van der Waals surface area contributed by atoms with E-state index in [0.29, 0.717) is 28.2 Å². The van der Waals surface area contributed by atoms with Gasteiger partial charge in [0.05, 0.1) is 33.8 Å². The molecule has 138 valence electrons. The Kier molecular flexibility index (Phi) is 6.31. The number of fused-ring (bicyclic) bond motifs is 1. The summed E-state index contributed by atoms with van der Waals surface area (Å²) in [5.41, 5.74) is 0.580. The zero-order chi connectivity index (χ0) is 19.1. The molecule has 1 aromatic heterocycles. The van der Waals surface area contributed by atoms with Gasteiger partial charge < -0.3 is 24.3 Å². The highest BCUT2D eigenvalue weighted by molar-refractivity contribution is 5.98. The van der Waals surface area contributed by atoms with Gasteiger partial charge in [-0.15, -0.1) is 10.2 Å². The number of aromatic nitrogens is 2. The Hall–Kier alpha value is -3.36. The molecule has 26 heavy (non-hydrogen) atoms. The van der Waals surface area contributed by atoms with Crippen molar-refractivity contribution in [1.29, 1.82) is 0 Å². The van der Waals surface area contributed by atoms with Gasteiger partial charge in [0.1, 0.15) is 5.52 Å². The minimum atomic E-state index is -0.504. The van der Waals surface area contributed by atoms with Crippen molar-refractivity contribution in [1.82, 2.24) is 15.5 Å². The Balaban J connectivity index is 2.31. The predicted molar refractivity (Wildman–Crippen MR) is 92.7 cm³/mol. The second kappa shape index (κ2) is 8.65. The van der Waals surface area contributed by atoms with Crippen LogP contribution in [0.15, 0.2) is 24.3 Å². The molecule has 1 N–H and O–H groups in total. The van der Waals surface area contributed by atoms with Crippen molar-refractivity contribution in [2.45, 2.75) is 0 Å². The Morgan fingerprint density at radius 1 is 1.04 bits per heavy atom. The van der Waals surface area contributed by atoms with Crippen molar-refractivity contribution in [3.63, 3.8) is 0 Å². The fourth-order valence-corrected chi connectivity index (χ4v) is 2.24. The summed E-state index contributed by atoms with van der Waals surface area (Å²) in [6, 6.07) is 3.19. The van der Waals surface area contributed by atoms with E-state index in [0.717, 1.165) is 0 Å². The van der Waals surface area contributed by atoms with Gasteiger partial charge in [0.25, 0.3) is 5.91 Å². The van der Waals surface area contributed by atoms with Crippen molar-refractivity contribution in [3.05, 3.63) is 30.0 Å². The summed E-state index contributed by atoms with van der Waals surface area (Å²) in [7, 11) is 5.74. The van der Waals surface area contributed by atoms with Gasteiger partial charge in [-0.1, -0.05) is 6.08 Å². The number of benzene rings is 1. The van der Waals surface area contributed by atoms with Crippen LogP contribution in [0.2, 0.25) is 0 Å². The van der Waals surface area contributed by atoms with Crippen LogP contribution >= 0.6 is 0 Å². The summed E-state index contributed by atoms with van der Waals surface area (Å²) in [6.07, 6.45) is 2.68. The van der Waals surface area contributed by atoms with Gasteiger partial charge in [-0.2, -0.15) is 0 Å². The third kappa shape index (κ3) is 4.00. The molecule has 0 bridgehead atoms. The van der Waals surface area contributed by atoms with Gasteiger partial charge in [-0.3, -0.25) is 4.79 Å². The molecule has 0 fully saturated rings. The van der Waals surface area contributed by atoms with Gasteiger partial charge in [0.15, 0.2) is 17.2 Å². The summed E-state index contributed by atoms with van der Waals surface area (Å²) in [5, 5.41) is 11.1. The van der Waals surface area contributed by atoms with Gasteiger partial charge in [0.2, 0.25) is 5.75 Å². The summed E-state index contributed by atoms with van der Waals surface area (Å²) in [6.45, 7) is 0.136. The van der Waals surface area contributed by atoms with E-state index in [-0.39, 0.29) is 12.2 Å². The quantitative estimate of drug-likeness (QED) is 0.577. The first-order valence-electron chi connectivity index (χ1n) is 7.54. The lowest BCUT2D eigenvalue weighted by molar-refractivity contribution is -0.134. The fourth-order valence-electron chi connectivity index (χ4n) is 2.24. The Morgan fingerprint density at radius 2 is 1.77 bits per heavy atom. The highest BCUT2D eigenvalue weighted by atomic mass is 16.5. The van der Waals surface area contributed by atoms with E-state index in [9.17, 15) is 9.59 Å². The smallest absolute Gasteiger partial charge is 0.330 e. The number of esters is 1. The van der Waals surface area contributed by atoms with Crippen LogP contribution in [-0.4, -0.2) is 57.1 Å². The fraction of sp³-hybridized carbons (Fsp3) is 0.294. The Labute approximate surface area is 149 Å². The van der Waals surface area contributed by atoms with Crippen LogP contribution in [0.25, 0.3) is 10.9 Å². The van der Waals surface area contributed by atoms with Gasteiger partial charge in [-0.05, 0) is 6.07 Å². The topological polar surface area (TPSA) is 109 Å². The average Bonchev–Trinajstić information content (AvgIpc) is 2.68. The zero-order valence-corrected chi connectivity index (χ0v) is 14.9. The van der Waals surface area contributed by atoms with Crippen molar-refractivity contribution in [2.24, 2.45) is 0 Å². The Morgan fingerprint density at radius 3 is 2.38 bits per heavy atom. The maximum atomic E-state index is 12.2. The molecule has 0 radical (unpaired) electrons. The molecule has 1 aromatic carbocycles. The molecule has 0 atom stereocenters. The molecule has 2 aromatic rings. The zero-order valence-electron chi connectivity index (χ0n) is 14.9. The first-order chi connectivity index (χ1) is 12.5. The lowest BCUT2D eigenvalue weighted by Gasteiger charge is -2.14. The molecule has 0 aliphatic rings. The molecular weight excluding hydrogens is 342 g/mol. The highest BCUT2D eigenvalue weighted by Crippen LogP contribution is 2.42. The Bertz CT molecular complexity index is 850. The van der Waals surface area contributed by atoms with Crippen LogP contribution in [0.3, 0.4) is 0 Å². The number of carbonyl (C=O) groups excluding carboxylic acids is 2. The van der Waals surface area contributed by atoms with E-state index in [1.54, 1.807) is 12.1 Å². The summed E-state index contributed by atoms with van der Waals surface area (Å²) in [5.74, 6) is 0.261. The first-order valence-corrected chi connectivity index (χ1v) is 7.54. The molecule has 2 rings (SSSR count). The van der Waals surface area contributed by atoms with Crippen molar-refractivity contribution >= 4 is 22.8 Å². The molecule has 9 heteroatoms. The summed E-state index contributed by atoms with van der Waals surface area (Å²) >= 11 is 0. The second-order valence-corrected chi connectivity index (χ2v) is 4.94. The molecule has 0 aliphatic heterocycles. The molecule has 0 unspecified atom stereocenters. The normalized spacial score (nSPS) is 10.6. The van der Waals surface area contributed by atoms with E-state index in [1.165, 1.54) is 40.6 Å². The van der Waals surface area contributed by atoms with Crippen molar-refractivity contribution in [2.75, 3.05) is 35.0 Å². The first kappa shape index (κ1) is 19.0. The van der Waals surface area contributed by atoms with Crippen molar-refractivity contribution < 1.29 is 28.5 Å². The molecule has 1 heterocycles. The van der Waals surface area contributed by atoms with Gasteiger partial charge in [-0.25, -0.2) is 4.79 Å². The molecule has 1 amide bonds. The standard InChI is InChI=1S/C17H19N3O6/c1-23-13-9-11-10(15(25-3)16(13)26-4)8-12(20-19-11)17(22)18-7-5-6-14(21)24-2/h5-6,8-9H,7H2,1-4H3,(H,18,22)/b6-5+. The van der Waals surface area contributed by atoms with Crippen molar-refractivity contribution in [3.8, 4) is 17.2 Å².